The fraction of sp³-hybridized carbons (Fsp3) is 0.889. The molecule has 0 fully saturated rings. The van der Waals surface area contributed by atoms with E-state index in [0.29, 0.717) is 0 Å². The van der Waals surface area contributed by atoms with Crippen LogP contribution in [0.2, 0.25) is 0 Å². The Morgan fingerprint density at radius 1 is 0.667 bits per heavy atom. The summed E-state index contributed by atoms with van der Waals surface area (Å²) in [5, 5.41) is 0. The monoisotopic (exact) mass is 252 g/mol. The van der Waals surface area contributed by atoms with Gasteiger partial charge in [0.15, 0.2) is 0 Å². The van der Waals surface area contributed by atoms with Crippen molar-refractivity contribution >= 4 is 0 Å². The molecule has 0 aromatic rings. The molecule has 0 N–H and O–H groups in total. The lowest BCUT2D eigenvalue weighted by Crippen LogP contribution is -1.94. The third-order valence-electron chi connectivity index (χ3n) is 3.76. The molecule has 0 heteroatoms. The van der Waals surface area contributed by atoms with Gasteiger partial charge in [-0.05, 0) is 31.6 Å². The number of unbranched alkanes of at least 4 members (excludes halogenated alkanes) is 7. The molecule has 1 atom stereocenters. The number of allylic oxidation sites excluding steroid dienone is 2. The van der Waals surface area contributed by atoms with E-state index >= 15 is 0 Å². The molecule has 0 aliphatic carbocycles. The standard InChI is InChI=1S/C18H36/c1-4-6-8-10-11-12-13-15-17-18(3)16-14-9-7-5-2/h11-12,18H,4-10,13-17H2,1-3H3. The van der Waals surface area contributed by atoms with Crippen LogP contribution >= 0.6 is 0 Å². The molecule has 18 heavy (non-hydrogen) atoms. The van der Waals surface area contributed by atoms with Crippen LogP contribution in [0.25, 0.3) is 0 Å². The Kier molecular flexibility index (Phi) is 14.6. The first kappa shape index (κ1) is 17.7. The topological polar surface area (TPSA) is 0 Å². The third-order valence-corrected chi connectivity index (χ3v) is 3.76. The van der Waals surface area contributed by atoms with Crippen LogP contribution in [0.5, 0.6) is 0 Å². The molecule has 0 rings (SSSR count). The van der Waals surface area contributed by atoms with Crippen molar-refractivity contribution < 1.29 is 0 Å². The molecular formula is C18H36. The van der Waals surface area contributed by atoms with Crippen LogP contribution in [-0.2, 0) is 0 Å². The van der Waals surface area contributed by atoms with Crippen molar-refractivity contribution in [1.29, 1.82) is 0 Å². The van der Waals surface area contributed by atoms with Gasteiger partial charge in [0, 0.05) is 0 Å². The number of hydrogen-bond donors (Lipinski definition) is 0. The molecule has 108 valence electrons. The Morgan fingerprint density at radius 2 is 1.22 bits per heavy atom. The van der Waals surface area contributed by atoms with Crippen molar-refractivity contribution in [3.8, 4) is 0 Å². The first-order valence-electron chi connectivity index (χ1n) is 8.46. The largest absolute Gasteiger partial charge is 0.0885 e. The summed E-state index contributed by atoms with van der Waals surface area (Å²) in [4.78, 5) is 0. The highest BCUT2D eigenvalue weighted by Crippen LogP contribution is 2.16. The SMILES string of the molecule is CCCCCC=CCCCC(C)CCCCCC. The van der Waals surface area contributed by atoms with Crippen LogP contribution in [0.3, 0.4) is 0 Å². The van der Waals surface area contributed by atoms with Crippen molar-refractivity contribution in [2.75, 3.05) is 0 Å². The minimum atomic E-state index is 0.940. The molecule has 0 aliphatic rings. The van der Waals surface area contributed by atoms with Gasteiger partial charge >= 0.3 is 0 Å². The molecule has 0 nitrogen and oxygen atoms in total. The van der Waals surface area contributed by atoms with Gasteiger partial charge in [0.05, 0.1) is 0 Å². The lowest BCUT2D eigenvalue weighted by molar-refractivity contribution is 0.448. The maximum Gasteiger partial charge on any atom is -0.0351 e. The molecule has 0 aromatic carbocycles. The minimum absolute atomic E-state index is 0.940. The van der Waals surface area contributed by atoms with Crippen LogP contribution < -0.4 is 0 Å². The van der Waals surface area contributed by atoms with E-state index in [2.05, 4.69) is 32.9 Å². The molecule has 0 bridgehead atoms. The Hall–Kier alpha value is -0.260. The van der Waals surface area contributed by atoms with Gasteiger partial charge in [-0.2, -0.15) is 0 Å². The first-order chi connectivity index (χ1) is 8.81. The normalized spacial score (nSPS) is 13.3. The smallest absolute Gasteiger partial charge is 0.0351 e. The van der Waals surface area contributed by atoms with Crippen molar-refractivity contribution in [3.05, 3.63) is 12.2 Å². The summed E-state index contributed by atoms with van der Waals surface area (Å²) >= 11 is 0. The van der Waals surface area contributed by atoms with E-state index in [9.17, 15) is 0 Å². The molecule has 0 aliphatic heterocycles. The predicted octanol–water partition coefficient (Wildman–Crippen LogP) is 6.90. The van der Waals surface area contributed by atoms with Gasteiger partial charge < -0.3 is 0 Å². The summed E-state index contributed by atoms with van der Waals surface area (Å²) in [5.41, 5.74) is 0. The van der Waals surface area contributed by atoms with Gasteiger partial charge in [0.1, 0.15) is 0 Å². The molecule has 1 unspecified atom stereocenters. The fourth-order valence-corrected chi connectivity index (χ4v) is 2.40. The van der Waals surface area contributed by atoms with Gasteiger partial charge in [-0.15, -0.1) is 0 Å². The fourth-order valence-electron chi connectivity index (χ4n) is 2.40. The third kappa shape index (κ3) is 13.8. The lowest BCUT2D eigenvalue weighted by Gasteiger charge is -2.09. The second-order valence-corrected chi connectivity index (χ2v) is 5.85. The maximum atomic E-state index is 2.43. The second-order valence-electron chi connectivity index (χ2n) is 5.85. The van der Waals surface area contributed by atoms with Crippen molar-refractivity contribution in [3.63, 3.8) is 0 Å². The first-order valence-corrected chi connectivity index (χ1v) is 8.46. The molecule has 0 radical (unpaired) electrons. The van der Waals surface area contributed by atoms with Gasteiger partial charge in [-0.25, -0.2) is 0 Å². The highest BCUT2D eigenvalue weighted by atomic mass is 14.1. The second kappa shape index (κ2) is 14.8. The number of rotatable bonds is 13. The maximum absolute atomic E-state index is 2.43. The predicted molar refractivity (Wildman–Crippen MR) is 85.1 cm³/mol. The van der Waals surface area contributed by atoms with Crippen LogP contribution in [-0.4, -0.2) is 0 Å². The van der Waals surface area contributed by atoms with Gasteiger partial charge in [0.2, 0.25) is 0 Å². The molecular weight excluding hydrogens is 216 g/mol. The van der Waals surface area contributed by atoms with Gasteiger partial charge in [0.25, 0.3) is 0 Å². The van der Waals surface area contributed by atoms with Crippen molar-refractivity contribution in [1.82, 2.24) is 0 Å². The highest BCUT2D eigenvalue weighted by Gasteiger charge is 2.00. The van der Waals surface area contributed by atoms with Crippen LogP contribution in [0, 0.1) is 5.92 Å². The van der Waals surface area contributed by atoms with Gasteiger partial charge in [-0.3, -0.25) is 0 Å². The Bertz CT molecular complexity index is 169. The van der Waals surface area contributed by atoms with E-state index in [4.69, 9.17) is 0 Å². The quantitative estimate of drug-likeness (QED) is 0.247. The summed E-state index contributed by atoms with van der Waals surface area (Å²) in [5.74, 6) is 0.940. The van der Waals surface area contributed by atoms with E-state index in [1.165, 1.54) is 77.0 Å². The molecule has 0 spiro atoms. The van der Waals surface area contributed by atoms with Crippen LogP contribution in [0.4, 0.5) is 0 Å². The summed E-state index contributed by atoms with van der Waals surface area (Å²) in [6.07, 6.45) is 21.4. The lowest BCUT2D eigenvalue weighted by atomic mass is 9.97. The summed E-state index contributed by atoms with van der Waals surface area (Å²) < 4.78 is 0. The average molecular weight is 252 g/mol. The average Bonchev–Trinajstić information content (AvgIpc) is 2.38. The van der Waals surface area contributed by atoms with Gasteiger partial charge in [-0.1, -0.05) is 84.3 Å². The minimum Gasteiger partial charge on any atom is -0.0885 e. The zero-order valence-electron chi connectivity index (χ0n) is 13.2. The number of hydrogen-bond acceptors (Lipinski definition) is 0. The molecule has 0 heterocycles. The Morgan fingerprint density at radius 3 is 1.89 bits per heavy atom. The Balaban J connectivity index is 3.21. The zero-order chi connectivity index (χ0) is 13.5. The highest BCUT2D eigenvalue weighted by molar-refractivity contribution is 4.81. The van der Waals surface area contributed by atoms with Crippen molar-refractivity contribution in [2.24, 2.45) is 5.92 Å². The van der Waals surface area contributed by atoms with E-state index in [1.54, 1.807) is 0 Å². The van der Waals surface area contributed by atoms with E-state index in [0.717, 1.165) is 5.92 Å². The van der Waals surface area contributed by atoms with Crippen molar-refractivity contribution in [2.45, 2.75) is 97.8 Å². The van der Waals surface area contributed by atoms with Crippen LogP contribution in [0.15, 0.2) is 12.2 Å². The summed E-state index contributed by atoms with van der Waals surface area (Å²) in [7, 11) is 0. The van der Waals surface area contributed by atoms with E-state index in [1.807, 2.05) is 0 Å². The van der Waals surface area contributed by atoms with Crippen LogP contribution in [0.1, 0.15) is 97.8 Å². The zero-order valence-corrected chi connectivity index (χ0v) is 13.2. The molecule has 0 amide bonds. The molecule has 0 saturated carbocycles. The molecule has 0 aromatic heterocycles. The van der Waals surface area contributed by atoms with E-state index < -0.39 is 0 Å². The summed E-state index contributed by atoms with van der Waals surface area (Å²) in [6.45, 7) is 6.98. The Labute approximate surface area is 116 Å². The molecule has 0 saturated heterocycles. The van der Waals surface area contributed by atoms with E-state index in [-0.39, 0.29) is 0 Å². The summed E-state index contributed by atoms with van der Waals surface area (Å²) in [6, 6.07) is 0.